The number of carbonyl (C=O) groups is 7. The van der Waals surface area contributed by atoms with Gasteiger partial charge in [-0.05, 0) is 126 Å². The number of benzene rings is 2. The Hall–Kier alpha value is -6.11. The number of alkyl carbamates (subject to hydrolysis) is 1. The van der Waals surface area contributed by atoms with Gasteiger partial charge in [0.15, 0.2) is 0 Å². The van der Waals surface area contributed by atoms with E-state index in [-0.39, 0.29) is 47.8 Å². The maximum Gasteiger partial charge on any atom is 0.408 e. The summed E-state index contributed by atoms with van der Waals surface area (Å²) in [7, 11) is 0. The van der Waals surface area contributed by atoms with E-state index < -0.39 is 41.8 Å². The normalized spacial score (nSPS) is 18.8. The summed E-state index contributed by atoms with van der Waals surface area (Å²) in [6.45, 7) is 15.2. The van der Waals surface area contributed by atoms with Crippen LogP contribution in [0.15, 0.2) is 70.1 Å². The molecule has 0 spiro atoms. The van der Waals surface area contributed by atoms with Crippen LogP contribution in [0.2, 0.25) is 0 Å². The lowest BCUT2D eigenvalue weighted by atomic mass is 9.94. The van der Waals surface area contributed by atoms with Crippen molar-refractivity contribution in [3.8, 4) is 0 Å². The van der Waals surface area contributed by atoms with Crippen molar-refractivity contribution in [3.05, 3.63) is 92.3 Å². The van der Waals surface area contributed by atoms with Gasteiger partial charge in [0.25, 0.3) is 0 Å². The van der Waals surface area contributed by atoms with Crippen LogP contribution in [0.4, 0.5) is 27.5 Å². The second-order valence-corrected chi connectivity index (χ2v) is 22.1. The summed E-state index contributed by atoms with van der Waals surface area (Å²) in [4.78, 5) is 98.3. The molecule has 2 unspecified atom stereocenters. The summed E-state index contributed by atoms with van der Waals surface area (Å²) in [5, 5.41) is 16.4. The van der Waals surface area contributed by atoms with Crippen molar-refractivity contribution in [2.45, 2.75) is 143 Å². The molecule has 6 heterocycles. The number of carbonyl (C=O) groups excluding carboxylic acids is 7. The minimum atomic E-state index is -0.854. The predicted octanol–water partition coefficient (Wildman–Crippen LogP) is 7.21. The Morgan fingerprint density at radius 3 is 1.55 bits per heavy atom. The highest BCUT2D eigenvalue weighted by molar-refractivity contribution is 7.08. The summed E-state index contributed by atoms with van der Waals surface area (Å²) >= 11 is 3.12. The average molecular weight is 1010 g/mol. The number of rotatable bonds is 15. The van der Waals surface area contributed by atoms with Crippen molar-refractivity contribution >= 4 is 87.0 Å². The molecule has 4 aliphatic rings. The summed E-state index contributed by atoms with van der Waals surface area (Å²) in [6, 6.07) is 12.5. The fourth-order valence-corrected chi connectivity index (χ4v) is 10.9. The zero-order valence-electron chi connectivity index (χ0n) is 41.8. The Labute approximate surface area is 424 Å². The molecule has 2 fully saturated rings. The fraction of sp³-hybridized carbons (Fsp3) is 0.491. The minimum Gasteiger partial charge on any atom is -0.444 e. The van der Waals surface area contributed by atoms with Gasteiger partial charge in [0.05, 0.1) is 41.9 Å². The van der Waals surface area contributed by atoms with Gasteiger partial charge >= 0.3 is 6.09 Å². The SMILES string of the molecule is CC(C)C[C@@H](N)C(=O)NC1Cc2cccc(N3CCCC3=O)c2N(Cc2ccsc2)C1=O.CC(C)C[C@@H](NC(=O)OC(C)(C)C)C(=O)NC1Cc2cccc(N3CCCC3=O)c2N(Cc2ccsc2)C1=O. The number of nitrogens with two attached hydrogens (primary N) is 1. The number of anilines is 4. The van der Waals surface area contributed by atoms with Gasteiger partial charge in [-0.3, -0.25) is 28.8 Å². The first-order valence-electron chi connectivity index (χ1n) is 24.6. The topological polar surface area (TPSA) is 204 Å². The summed E-state index contributed by atoms with van der Waals surface area (Å²) in [5.41, 5.74) is 12.2. The lowest BCUT2D eigenvalue weighted by Crippen LogP contribution is -2.57. The van der Waals surface area contributed by atoms with Crippen molar-refractivity contribution < 1.29 is 38.3 Å². The molecular weight excluding hydrogens is 941 g/mol. The first-order chi connectivity index (χ1) is 33.8. The largest absolute Gasteiger partial charge is 0.444 e. The lowest BCUT2D eigenvalue weighted by Gasteiger charge is -2.37. The van der Waals surface area contributed by atoms with Crippen molar-refractivity contribution in [3.63, 3.8) is 0 Å². The molecule has 2 saturated heterocycles. The highest BCUT2D eigenvalue weighted by atomic mass is 32.1. The highest BCUT2D eigenvalue weighted by Crippen LogP contribution is 2.42. The number of amides is 7. The maximum absolute atomic E-state index is 14.0. The standard InChI is InChI=1S/C29H38N4O5S.C24H30N4O3S/c1-18(2)14-21(31-28(37)38-29(3,4)5)26(35)30-22-15-20-8-6-9-23(32-12-7-10-24(32)34)25(20)33(27(22)36)16-19-11-13-39-17-19;1-15(2)11-18(25)23(30)26-19-12-17-5-3-6-20(27-9-4-7-21(27)29)22(17)28(24(19)31)13-16-8-10-32-14-16/h6,8-9,11,13,17-18,21-22H,7,10,12,14-16H2,1-5H3,(H,30,35)(H,31,37);3,5-6,8,10,14-15,18-19H,4,7,9,11-13,25H2,1-2H3,(H,26,30)/t21-,22?;18-,19?/m11/s1. The molecule has 18 heteroatoms. The third-order valence-electron chi connectivity index (χ3n) is 12.7. The molecule has 16 nitrogen and oxygen atoms in total. The second kappa shape index (κ2) is 23.0. The third kappa shape index (κ3) is 13.1. The van der Waals surface area contributed by atoms with E-state index in [4.69, 9.17) is 10.5 Å². The third-order valence-corrected chi connectivity index (χ3v) is 14.2. The van der Waals surface area contributed by atoms with Crippen molar-refractivity contribution in [2.75, 3.05) is 32.7 Å². The molecule has 0 aliphatic carbocycles. The number of nitrogens with one attached hydrogen (secondary N) is 3. The average Bonchev–Trinajstić information content (AvgIpc) is 4.16. The smallest absolute Gasteiger partial charge is 0.408 e. The summed E-state index contributed by atoms with van der Waals surface area (Å²) < 4.78 is 5.37. The zero-order chi connectivity index (χ0) is 51.1. The molecule has 0 saturated carbocycles. The number of hydrogen-bond donors (Lipinski definition) is 4. The van der Waals surface area contributed by atoms with Crippen LogP contribution < -0.4 is 41.3 Å². The molecule has 4 atom stereocenters. The van der Waals surface area contributed by atoms with E-state index in [0.29, 0.717) is 58.3 Å². The molecule has 0 bridgehead atoms. The molecular formula is C53H68N8O8S2. The van der Waals surface area contributed by atoms with E-state index in [9.17, 15) is 33.6 Å². The number of fused-ring (bicyclic) bond motifs is 2. The van der Waals surface area contributed by atoms with Crippen molar-refractivity contribution in [2.24, 2.45) is 17.6 Å². The molecule has 7 amide bonds. The molecule has 5 N–H and O–H groups in total. The first-order valence-corrected chi connectivity index (χ1v) is 26.5. The van der Waals surface area contributed by atoms with Crippen LogP contribution in [0.25, 0.3) is 0 Å². The van der Waals surface area contributed by atoms with Gasteiger partial charge < -0.3 is 46.0 Å². The number of para-hydroxylation sites is 2. The summed E-state index contributed by atoms with van der Waals surface area (Å²) in [6.07, 6.45) is 3.54. The Bertz CT molecular complexity index is 2580. The fourth-order valence-electron chi connectivity index (χ4n) is 9.55. The molecule has 71 heavy (non-hydrogen) atoms. The lowest BCUT2D eigenvalue weighted by molar-refractivity contribution is -0.129. The monoisotopic (exact) mass is 1010 g/mol. The number of ether oxygens (including phenoxy) is 1. The van der Waals surface area contributed by atoms with Gasteiger partial charge in [-0.2, -0.15) is 22.7 Å². The van der Waals surface area contributed by atoms with Crippen LogP contribution in [0, 0.1) is 11.8 Å². The van der Waals surface area contributed by atoms with Crippen molar-refractivity contribution in [1.29, 1.82) is 0 Å². The van der Waals surface area contributed by atoms with Crippen LogP contribution >= 0.6 is 22.7 Å². The van der Waals surface area contributed by atoms with Gasteiger partial charge in [0.2, 0.25) is 35.4 Å². The number of thiophene rings is 2. The molecule has 0 radical (unpaired) electrons. The predicted molar refractivity (Wildman–Crippen MR) is 278 cm³/mol. The zero-order valence-corrected chi connectivity index (χ0v) is 43.5. The Balaban J connectivity index is 0.000000213. The number of nitrogens with zero attached hydrogens (tertiary/aromatic N) is 4. The van der Waals surface area contributed by atoms with Crippen LogP contribution in [-0.4, -0.2) is 84.4 Å². The van der Waals surface area contributed by atoms with Crippen LogP contribution in [0.3, 0.4) is 0 Å². The molecule has 380 valence electrons. The van der Waals surface area contributed by atoms with E-state index >= 15 is 0 Å². The molecule has 2 aromatic heterocycles. The van der Waals surface area contributed by atoms with Gasteiger partial charge in [0, 0.05) is 38.8 Å². The van der Waals surface area contributed by atoms with Crippen LogP contribution in [0.5, 0.6) is 0 Å². The summed E-state index contributed by atoms with van der Waals surface area (Å²) in [5.74, 6) is -0.625. The van der Waals surface area contributed by atoms with E-state index in [1.165, 1.54) is 0 Å². The molecule has 4 aromatic rings. The minimum absolute atomic E-state index is 0.0477. The quantitative estimate of drug-likeness (QED) is 0.0949. The Morgan fingerprint density at radius 2 is 1.15 bits per heavy atom. The Morgan fingerprint density at radius 1 is 0.690 bits per heavy atom. The molecule has 8 rings (SSSR count). The van der Waals surface area contributed by atoms with Crippen LogP contribution in [0.1, 0.15) is 109 Å². The van der Waals surface area contributed by atoms with Gasteiger partial charge in [-0.15, -0.1) is 0 Å². The molecule has 2 aromatic carbocycles. The van der Waals surface area contributed by atoms with Gasteiger partial charge in [-0.1, -0.05) is 52.0 Å². The van der Waals surface area contributed by atoms with E-state index in [1.807, 2.05) is 97.7 Å². The Kier molecular flexibility index (Phi) is 17.1. The first kappa shape index (κ1) is 52.7. The second-order valence-electron chi connectivity index (χ2n) is 20.6. The van der Waals surface area contributed by atoms with Gasteiger partial charge in [-0.25, -0.2) is 4.79 Å². The van der Waals surface area contributed by atoms with E-state index in [1.54, 1.807) is 63.0 Å². The van der Waals surface area contributed by atoms with E-state index in [0.717, 1.165) is 57.8 Å². The maximum atomic E-state index is 14.0. The number of hydrogen-bond acceptors (Lipinski definition) is 11. The van der Waals surface area contributed by atoms with Gasteiger partial charge in [0.1, 0.15) is 23.7 Å². The highest BCUT2D eigenvalue weighted by Gasteiger charge is 2.41. The van der Waals surface area contributed by atoms with E-state index in [2.05, 4.69) is 16.0 Å². The van der Waals surface area contributed by atoms with Crippen LogP contribution in [-0.2, 0) is 59.4 Å². The van der Waals surface area contributed by atoms with Crippen molar-refractivity contribution in [1.82, 2.24) is 16.0 Å². The molecule has 4 aliphatic heterocycles.